The summed E-state index contributed by atoms with van der Waals surface area (Å²) in [5, 5.41) is 0. The second-order valence-corrected chi connectivity index (χ2v) is 3.64. The molecule has 1 heterocycles. The van der Waals surface area contributed by atoms with Crippen molar-refractivity contribution in [2.24, 2.45) is 0 Å². The van der Waals surface area contributed by atoms with Crippen molar-refractivity contribution in [3.05, 3.63) is 17.5 Å². The Morgan fingerprint density at radius 2 is 1.92 bits per heavy atom. The van der Waals surface area contributed by atoms with Crippen LogP contribution in [0.15, 0.2) is 6.20 Å². The summed E-state index contributed by atoms with van der Waals surface area (Å²) in [6.45, 7) is 8.28. The lowest BCUT2D eigenvalue weighted by Gasteiger charge is -2.21. The summed E-state index contributed by atoms with van der Waals surface area (Å²) >= 11 is 0. The van der Waals surface area contributed by atoms with Crippen LogP contribution in [0.1, 0.15) is 25.1 Å². The highest BCUT2D eigenvalue weighted by Crippen LogP contribution is 2.10. The SMILES string of the molecule is Cc1cnc(N(C)C(C)C)nc1C. The van der Waals surface area contributed by atoms with E-state index < -0.39 is 0 Å². The van der Waals surface area contributed by atoms with Crippen LogP contribution < -0.4 is 4.90 Å². The number of aryl methyl sites for hydroxylation is 2. The van der Waals surface area contributed by atoms with E-state index in [9.17, 15) is 0 Å². The summed E-state index contributed by atoms with van der Waals surface area (Å²) in [6, 6.07) is 0.433. The molecule has 0 saturated carbocycles. The van der Waals surface area contributed by atoms with E-state index in [4.69, 9.17) is 0 Å². The van der Waals surface area contributed by atoms with Crippen molar-refractivity contribution < 1.29 is 0 Å². The molecule has 0 unspecified atom stereocenters. The van der Waals surface area contributed by atoms with Gasteiger partial charge in [-0.25, -0.2) is 9.97 Å². The molecule has 1 aromatic heterocycles. The molecule has 3 heteroatoms. The van der Waals surface area contributed by atoms with E-state index >= 15 is 0 Å². The van der Waals surface area contributed by atoms with Crippen LogP contribution in [0.4, 0.5) is 5.95 Å². The van der Waals surface area contributed by atoms with Gasteiger partial charge in [0.15, 0.2) is 0 Å². The van der Waals surface area contributed by atoms with Crippen LogP contribution in [-0.2, 0) is 0 Å². The lowest BCUT2D eigenvalue weighted by atomic mass is 10.3. The van der Waals surface area contributed by atoms with Crippen LogP contribution >= 0.6 is 0 Å². The molecular weight excluding hydrogens is 162 g/mol. The van der Waals surface area contributed by atoms with Gasteiger partial charge >= 0.3 is 0 Å². The van der Waals surface area contributed by atoms with Crippen molar-refractivity contribution >= 4 is 5.95 Å². The molecule has 0 spiro atoms. The molecule has 0 aliphatic rings. The highest BCUT2D eigenvalue weighted by molar-refractivity contribution is 5.32. The molecule has 0 aliphatic carbocycles. The fraction of sp³-hybridized carbons (Fsp3) is 0.600. The molecule has 72 valence electrons. The van der Waals surface area contributed by atoms with Gasteiger partial charge in [0, 0.05) is 25.0 Å². The number of hydrogen-bond acceptors (Lipinski definition) is 3. The molecule has 0 atom stereocenters. The van der Waals surface area contributed by atoms with Gasteiger partial charge in [-0.05, 0) is 33.3 Å². The van der Waals surface area contributed by atoms with Crippen molar-refractivity contribution in [2.45, 2.75) is 33.7 Å². The van der Waals surface area contributed by atoms with Crippen molar-refractivity contribution in [1.82, 2.24) is 9.97 Å². The third-order valence-corrected chi connectivity index (χ3v) is 2.30. The number of nitrogens with zero attached hydrogens (tertiary/aromatic N) is 3. The summed E-state index contributed by atoms with van der Waals surface area (Å²) in [5.41, 5.74) is 2.19. The van der Waals surface area contributed by atoms with Gasteiger partial charge < -0.3 is 4.90 Å². The predicted octanol–water partition coefficient (Wildman–Crippen LogP) is 1.94. The smallest absolute Gasteiger partial charge is 0.225 e. The predicted molar refractivity (Wildman–Crippen MR) is 55.0 cm³/mol. The van der Waals surface area contributed by atoms with Crippen molar-refractivity contribution in [2.75, 3.05) is 11.9 Å². The quantitative estimate of drug-likeness (QED) is 0.694. The first kappa shape index (κ1) is 9.96. The molecule has 1 aromatic rings. The Morgan fingerprint density at radius 3 is 2.38 bits per heavy atom. The first-order valence-electron chi connectivity index (χ1n) is 4.55. The Balaban J connectivity index is 2.97. The second-order valence-electron chi connectivity index (χ2n) is 3.64. The molecule has 0 amide bonds. The Morgan fingerprint density at radius 1 is 1.31 bits per heavy atom. The number of aromatic nitrogens is 2. The number of hydrogen-bond donors (Lipinski definition) is 0. The Hall–Kier alpha value is -1.12. The lowest BCUT2D eigenvalue weighted by molar-refractivity contribution is 0.726. The van der Waals surface area contributed by atoms with Crippen LogP contribution in [0.2, 0.25) is 0 Å². The van der Waals surface area contributed by atoms with Crippen molar-refractivity contribution in [3.63, 3.8) is 0 Å². The first-order chi connectivity index (χ1) is 6.02. The highest BCUT2D eigenvalue weighted by atomic mass is 15.2. The van der Waals surface area contributed by atoms with E-state index in [2.05, 4.69) is 28.7 Å². The van der Waals surface area contributed by atoms with E-state index in [0.717, 1.165) is 17.2 Å². The fourth-order valence-electron chi connectivity index (χ4n) is 0.916. The lowest BCUT2D eigenvalue weighted by Crippen LogP contribution is -2.27. The van der Waals surface area contributed by atoms with Gasteiger partial charge in [0.25, 0.3) is 0 Å². The van der Waals surface area contributed by atoms with E-state index in [1.165, 1.54) is 0 Å². The largest absolute Gasteiger partial charge is 0.341 e. The normalized spacial score (nSPS) is 10.6. The summed E-state index contributed by atoms with van der Waals surface area (Å²) in [4.78, 5) is 10.7. The maximum Gasteiger partial charge on any atom is 0.225 e. The molecule has 13 heavy (non-hydrogen) atoms. The molecule has 0 N–H and O–H groups in total. The van der Waals surface area contributed by atoms with E-state index in [-0.39, 0.29) is 0 Å². The molecule has 3 nitrogen and oxygen atoms in total. The molecule has 0 saturated heterocycles. The fourth-order valence-corrected chi connectivity index (χ4v) is 0.916. The third-order valence-electron chi connectivity index (χ3n) is 2.30. The number of anilines is 1. The summed E-state index contributed by atoms with van der Waals surface area (Å²) in [7, 11) is 2.01. The van der Waals surface area contributed by atoms with Crippen LogP contribution in [0.5, 0.6) is 0 Å². The topological polar surface area (TPSA) is 29.0 Å². The van der Waals surface area contributed by atoms with Crippen LogP contribution in [-0.4, -0.2) is 23.1 Å². The van der Waals surface area contributed by atoms with Gasteiger partial charge in [0.2, 0.25) is 5.95 Å². The Labute approximate surface area is 79.8 Å². The molecule has 0 aliphatic heterocycles. The standard InChI is InChI=1S/C10H17N3/c1-7(2)13(5)10-11-6-8(3)9(4)12-10/h6-7H,1-5H3. The van der Waals surface area contributed by atoms with Gasteiger partial charge in [0.1, 0.15) is 0 Å². The van der Waals surface area contributed by atoms with E-state index in [1.54, 1.807) is 0 Å². The first-order valence-corrected chi connectivity index (χ1v) is 4.55. The molecule has 1 rings (SSSR count). The van der Waals surface area contributed by atoms with E-state index in [0.29, 0.717) is 6.04 Å². The molecule has 0 aromatic carbocycles. The monoisotopic (exact) mass is 179 g/mol. The second kappa shape index (κ2) is 3.73. The molecule has 0 radical (unpaired) electrons. The van der Waals surface area contributed by atoms with Crippen LogP contribution in [0, 0.1) is 13.8 Å². The van der Waals surface area contributed by atoms with Crippen molar-refractivity contribution in [3.8, 4) is 0 Å². The van der Waals surface area contributed by atoms with Gasteiger partial charge in [-0.1, -0.05) is 0 Å². The Kier molecular flexibility index (Phi) is 2.86. The maximum atomic E-state index is 4.41. The maximum absolute atomic E-state index is 4.41. The van der Waals surface area contributed by atoms with Crippen LogP contribution in [0.3, 0.4) is 0 Å². The average Bonchev–Trinajstić information content (AvgIpc) is 2.08. The molecule has 0 fully saturated rings. The minimum Gasteiger partial charge on any atom is -0.341 e. The zero-order chi connectivity index (χ0) is 10.0. The highest BCUT2D eigenvalue weighted by Gasteiger charge is 2.08. The summed E-state index contributed by atoms with van der Waals surface area (Å²) in [6.07, 6.45) is 1.87. The van der Waals surface area contributed by atoms with Crippen LogP contribution in [0.25, 0.3) is 0 Å². The zero-order valence-corrected chi connectivity index (χ0v) is 9.00. The number of rotatable bonds is 2. The van der Waals surface area contributed by atoms with Gasteiger partial charge in [0.05, 0.1) is 0 Å². The third kappa shape index (κ3) is 2.17. The van der Waals surface area contributed by atoms with Gasteiger partial charge in [-0.15, -0.1) is 0 Å². The van der Waals surface area contributed by atoms with Crippen molar-refractivity contribution in [1.29, 1.82) is 0 Å². The zero-order valence-electron chi connectivity index (χ0n) is 9.00. The van der Waals surface area contributed by atoms with Gasteiger partial charge in [-0.2, -0.15) is 0 Å². The minimum absolute atomic E-state index is 0.433. The molecule has 0 bridgehead atoms. The summed E-state index contributed by atoms with van der Waals surface area (Å²) in [5.74, 6) is 0.804. The Bertz CT molecular complexity index is 294. The minimum atomic E-state index is 0.433. The van der Waals surface area contributed by atoms with Gasteiger partial charge in [-0.3, -0.25) is 0 Å². The summed E-state index contributed by atoms with van der Waals surface area (Å²) < 4.78 is 0. The van der Waals surface area contributed by atoms with E-state index in [1.807, 2.05) is 27.1 Å². The molecular formula is C10H17N3. The average molecular weight is 179 g/mol.